The van der Waals surface area contributed by atoms with Crippen LogP contribution in [0.25, 0.3) is 0 Å². The largest absolute Gasteiger partial charge is 0.459 e. The lowest BCUT2D eigenvalue weighted by Gasteiger charge is -2.35. The Hall–Kier alpha value is -3.35. The second kappa shape index (κ2) is 8.34. The molecule has 0 atom stereocenters. The first kappa shape index (κ1) is 19.0. The molecule has 0 radical (unpaired) electrons. The predicted octanol–water partition coefficient (Wildman–Crippen LogP) is 3.26. The van der Waals surface area contributed by atoms with Crippen LogP contribution in [-0.2, 0) is 6.54 Å². The fourth-order valence-electron chi connectivity index (χ4n) is 3.51. The van der Waals surface area contributed by atoms with Gasteiger partial charge in [0, 0.05) is 38.8 Å². The lowest BCUT2D eigenvalue weighted by molar-refractivity contribution is 0.0714. The zero-order valence-electron chi connectivity index (χ0n) is 16.8. The first-order valence-electron chi connectivity index (χ1n) is 9.81. The van der Waals surface area contributed by atoms with E-state index in [0.29, 0.717) is 25.4 Å². The Morgan fingerprint density at radius 2 is 1.90 bits per heavy atom. The van der Waals surface area contributed by atoms with Crippen molar-refractivity contribution < 1.29 is 9.21 Å². The van der Waals surface area contributed by atoms with Gasteiger partial charge in [0.2, 0.25) is 0 Å². The molecule has 0 saturated carbocycles. The average molecular weight is 391 g/mol. The highest BCUT2D eigenvalue weighted by molar-refractivity contribution is 5.91. The van der Waals surface area contributed by atoms with Crippen LogP contribution in [0, 0.1) is 13.8 Å². The summed E-state index contributed by atoms with van der Waals surface area (Å²) in [5, 5.41) is 3.40. The van der Waals surface area contributed by atoms with Gasteiger partial charge in [-0.25, -0.2) is 9.97 Å². The van der Waals surface area contributed by atoms with E-state index in [0.717, 1.165) is 30.5 Å². The summed E-state index contributed by atoms with van der Waals surface area (Å²) in [5.41, 5.74) is 2.46. The van der Waals surface area contributed by atoms with Crippen molar-refractivity contribution >= 4 is 17.5 Å². The van der Waals surface area contributed by atoms with E-state index in [1.54, 1.807) is 12.1 Å². The third-order valence-electron chi connectivity index (χ3n) is 5.00. The summed E-state index contributed by atoms with van der Waals surface area (Å²) >= 11 is 0. The number of hydrogen-bond donors (Lipinski definition) is 1. The molecular formula is C22H25N5O2. The summed E-state index contributed by atoms with van der Waals surface area (Å²) in [5.74, 6) is 2.74. The van der Waals surface area contributed by atoms with Gasteiger partial charge in [0.05, 0.1) is 6.26 Å². The number of aryl methyl sites for hydroxylation is 2. The van der Waals surface area contributed by atoms with Crippen LogP contribution >= 0.6 is 0 Å². The Morgan fingerprint density at radius 1 is 1.07 bits per heavy atom. The molecule has 3 aromatic rings. The molecule has 4 rings (SSSR count). The van der Waals surface area contributed by atoms with Crippen LogP contribution in [0.15, 0.2) is 53.1 Å². The van der Waals surface area contributed by atoms with Crippen molar-refractivity contribution in [3.05, 3.63) is 71.4 Å². The van der Waals surface area contributed by atoms with Gasteiger partial charge in [0.1, 0.15) is 17.5 Å². The zero-order valence-corrected chi connectivity index (χ0v) is 16.8. The maximum atomic E-state index is 12.4. The number of rotatable bonds is 5. The minimum atomic E-state index is -0.0611. The van der Waals surface area contributed by atoms with Gasteiger partial charge in [-0.3, -0.25) is 4.79 Å². The Bertz CT molecular complexity index is 979. The number of furan rings is 1. The van der Waals surface area contributed by atoms with Crippen LogP contribution in [-0.4, -0.2) is 47.0 Å². The number of nitrogens with zero attached hydrogens (tertiary/aromatic N) is 4. The highest BCUT2D eigenvalue weighted by Crippen LogP contribution is 2.19. The van der Waals surface area contributed by atoms with E-state index in [9.17, 15) is 4.79 Å². The van der Waals surface area contributed by atoms with Crippen molar-refractivity contribution in [1.82, 2.24) is 14.9 Å². The molecule has 1 aliphatic heterocycles. The first-order valence-corrected chi connectivity index (χ1v) is 9.81. The second-order valence-electron chi connectivity index (χ2n) is 7.26. The number of anilines is 2. The molecule has 1 N–H and O–H groups in total. The van der Waals surface area contributed by atoms with Gasteiger partial charge in [0.15, 0.2) is 5.76 Å². The highest BCUT2D eigenvalue weighted by atomic mass is 16.3. The Balaban J connectivity index is 1.39. The van der Waals surface area contributed by atoms with Gasteiger partial charge in [0.25, 0.3) is 5.91 Å². The number of benzene rings is 1. The van der Waals surface area contributed by atoms with Crippen molar-refractivity contribution in [2.24, 2.45) is 0 Å². The van der Waals surface area contributed by atoms with Gasteiger partial charge in [-0.05, 0) is 31.5 Å². The Morgan fingerprint density at radius 3 is 2.62 bits per heavy atom. The molecular weight excluding hydrogens is 366 g/mol. The number of carbonyl (C=O) groups excluding carboxylic acids is 1. The summed E-state index contributed by atoms with van der Waals surface area (Å²) < 4.78 is 5.23. The lowest BCUT2D eigenvalue weighted by Crippen LogP contribution is -2.49. The number of aromatic nitrogens is 2. The molecule has 7 nitrogen and oxygen atoms in total. The smallest absolute Gasteiger partial charge is 0.289 e. The molecule has 1 saturated heterocycles. The van der Waals surface area contributed by atoms with E-state index in [1.807, 2.05) is 17.9 Å². The minimum absolute atomic E-state index is 0.0611. The van der Waals surface area contributed by atoms with Gasteiger partial charge < -0.3 is 19.5 Å². The zero-order chi connectivity index (χ0) is 20.2. The molecule has 0 aliphatic carbocycles. The highest BCUT2D eigenvalue weighted by Gasteiger charge is 2.24. The van der Waals surface area contributed by atoms with E-state index in [-0.39, 0.29) is 5.91 Å². The quantitative estimate of drug-likeness (QED) is 0.720. The normalized spacial score (nSPS) is 14.1. The van der Waals surface area contributed by atoms with Crippen molar-refractivity contribution in [3.63, 3.8) is 0 Å². The minimum Gasteiger partial charge on any atom is -0.459 e. The molecule has 1 aromatic carbocycles. The summed E-state index contributed by atoms with van der Waals surface area (Å²) in [6.45, 7) is 7.41. The monoisotopic (exact) mass is 391 g/mol. The van der Waals surface area contributed by atoms with Gasteiger partial charge in [-0.15, -0.1) is 0 Å². The van der Waals surface area contributed by atoms with Crippen molar-refractivity contribution in [1.29, 1.82) is 0 Å². The summed E-state index contributed by atoms with van der Waals surface area (Å²) in [7, 11) is 0. The molecule has 1 fully saturated rings. The fourth-order valence-corrected chi connectivity index (χ4v) is 3.51. The molecule has 3 heterocycles. The van der Waals surface area contributed by atoms with Crippen LogP contribution < -0.4 is 10.2 Å². The average Bonchev–Trinajstić information content (AvgIpc) is 3.26. The van der Waals surface area contributed by atoms with Crippen LogP contribution in [0.3, 0.4) is 0 Å². The number of hydrogen-bond acceptors (Lipinski definition) is 6. The van der Waals surface area contributed by atoms with Gasteiger partial charge in [-0.1, -0.05) is 29.8 Å². The SMILES string of the molecule is Cc1cccc(CNc2cc(N3CCN(C(=O)c4ccco4)CC3)nc(C)n2)c1. The third-order valence-corrected chi connectivity index (χ3v) is 5.00. The van der Waals surface area contributed by atoms with Crippen molar-refractivity contribution in [2.45, 2.75) is 20.4 Å². The van der Waals surface area contributed by atoms with Crippen LogP contribution in [0.5, 0.6) is 0 Å². The van der Waals surface area contributed by atoms with Gasteiger partial charge >= 0.3 is 0 Å². The molecule has 2 aromatic heterocycles. The Kier molecular flexibility index (Phi) is 5.46. The van der Waals surface area contributed by atoms with Gasteiger partial charge in [-0.2, -0.15) is 0 Å². The molecule has 0 spiro atoms. The number of carbonyl (C=O) groups is 1. The topological polar surface area (TPSA) is 74.5 Å². The summed E-state index contributed by atoms with van der Waals surface area (Å²) in [6, 6.07) is 13.8. The van der Waals surface area contributed by atoms with E-state index >= 15 is 0 Å². The molecule has 1 amide bonds. The lowest BCUT2D eigenvalue weighted by atomic mass is 10.1. The van der Waals surface area contributed by atoms with Crippen LogP contribution in [0.2, 0.25) is 0 Å². The molecule has 1 aliphatic rings. The molecule has 7 heteroatoms. The summed E-state index contributed by atoms with van der Waals surface area (Å²) in [4.78, 5) is 25.6. The second-order valence-corrected chi connectivity index (χ2v) is 7.26. The maximum absolute atomic E-state index is 12.4. The summed E-state index contributed by atoms with van der Waals surface area (Å²) in [6.07, 6.45) is 1.53. The van der Waals surface area contributed by atoms with Crippen LogP contribution in [0.4, 0.5) is 11.6 Å². The molecule has 0 unspecified atom stereocenters. The number of nitrogens with one attached hydrogen (secondary N) is 1. The number of amides is 1. The first-order chi connectivity index (χ1) is 14.1. The standard InChI is InChI=1S/C22H25N5O2/c1-16-5-3-6-18(13-16)15-23-20-14-21(25-17(2)24-20)26-8-10-27(11-9-26)22(28)19-7-4-12-29-19/h3-7,12-14H,8-11,15H2,1-2H3,(H,23,24,25). The Labute approximate surface area is 170 Å². The maximum Gasteiger partial charge on any atom is 0.289 e. The van der Waals surface area contributed by atoms with E-state index < -0.39 is 0 Å². The molecule has 29 heavy (non-hydrogen) atoms. The van der Waals surface area contributed by atoms with Crippen molar-refractivity contribution in [3.8, 4) is 0 Å². The predicted molar refractivity (Wildman–Crippen MR) is 112 cm³/mol. The fraction of sp³-hybridized carbons (Fsp3) is 0.318. The van der Waals surface area contributed by atoms with E-state index in [1.165, 1.54) is 17.4 Å². The van der Waals surface area contributed by atoms with Crippen LogP contribution in [0.1, 0.15) is 27.5 Å². The number of piperazine rings is 1. The molecule has 0 bridgehead atoms. The van der Waals surface area contributed by atoms with E-state index in [2.05, 4.69) is 51.4 Å². The third kappa shape index (κ3) is 4.56. The van der Waals surface area contributed by atoms with Crippen molar-refractivity contribution in [2.75, 3.05) is 36.4 Å². The van der Waals surface area contributed by atoms with E-state index in [4.69, 9.17) is 4.42 Å². The molecule has 150 valence electrons.